The first kappa shape index (κ1) is 16.9. The number of para-hydroxylation sites is 1. The maximum atomic E-state index is 12.8. The molecule has 2 saturated heterocycles. The van der Waals surface area contributed by atoms with Crippen LogP contribution in [0.1, 0.15) is 35.5 Å². The third-order valence-electron chi connectivity index (χ3n) is 5.55. The summed E-state index contributed by atoms with van der Waals surface area (Å²) < 4.78 is 6.55. The number of carbonyl (C=O) groups excluding carboxylic acids is 1. The van der Waals surface area contributed by atoms with Gasteiger partial charge in [0.1, 0.15) is 0 Å². The average molecular weight is 359 g/mol. The van der Waals surface area contributed by atoms with Crippen LogP contribution in [0.25, 0.3) is 10.2 Å². The molecule has 0 saturated carbocycles. The van der Waals surface area contributed by atoms with Gasteiger partial charge in [-0.3, -0.25) is 4.79 Å². The van der Waals surface area contributed by atoms with E-state index >= 15 is 0 Å². The third-order valence-corrected chi connectivity index (χ3v) is 6.58. The fourth-order valence-corrected chi connectivity index (χ4v) is 4.94. The number of hydrogen-bond acceptors (Lipinski definition) is 5. The van der Waals surface area contributed by atoms with Gasteiger partial charge in [0.25, 0.3) is 5.91 Å². The largest absolute Gasteiger partial charge is 0.381 e. The highest BCUT2D eigenvalue weighted by Crippen LogP contribution is 2.26. The Kier molecular flexibility index (Phi) is 5.01. The van der Waals surface area contributed by atoms with Crippen LogP contribution in [0.5, 0.6) is 0 Å². The Morgan fingerprint density at radius 3 is 2.52 bits per heavy atom. The molecule has 0 radical (unpaired) electrons. The number of amides is 1. The molecular weight excluding hydrogens is 334 g/mol. The smallest absolute Gasteiger partial charge is 0.282 e. The van der Waals surface area contributed by atoms with Crippen LogP contribution in [0, 0.1) is 0 Å². The van der Waals surface area contributed by atoms with Crippen LogP contribution in [0.2, 0.25) is 0 Å². The fourth-order valence-electron chi connectivity index (χ4n) is 4.01. The number of fused-ring (bicyclic) bond motifs is 1. The lowest BCUT2D eigenvalue weighted by Crippen LogP contribution is -2.49. The van der Waals surface area contributed by atoms with E-state index < -0.39 is 0 Å². The first-order valence-corrected chi connectivity index (χ1v) is 9.98. The molecule has 2 aliphatic rings. The van der Waals surface area contributed by atoms with Crippen molar-refractivity contribution < 1.29 is 9.53 Å². The Morgan fingerprint density at radius 2 is 1.84 bits per heavy atom. The van der Waals surface area contributed by atoms with Gasteiger partial charge in [0, 0.05) is 39.3 Å². The number of piperidine rings is 2. The number of hydrogen-bond donors (Lipinski definition) is 0. The van der Waals surface area contributed by atoms with Gasteiger partial charge in [-0.2, -0.15) is 0 Å². The van der Waals surface area contributed by atoms with Gasteiger partial charge in [-0.05, 0) is 37.8 Å². The topological polar surface area (TPSA) is 45.7 Å². The summed E-state index contributed by atoms with van der Waals surface area (Å²) in [5.41, 5.74) is 0.923. The van der Waals surface area contributed by atoms with E-state index in [4.69, 9.17) is 4.74 Å². The molecule has 0 N–H and O–H groups in total. The summed E-state index contributed by atoms with van der Waals surface area (Å²) in [6.07, 6.45) is 4.81. The van der Waals surface area contributed by atoms with E-state index in [0.29, 0.717) is 17.2 Å². The maximum Gasteiger partial charge on any atom is 0.282 e. The van der Waals surface area contributed by atoms with Crippen molar-refractivity contribution in [1.29, 1.82) is 0 Å². The van der Waals surface area contributed by atoms with Crippen molar-refractivity contribution in [3.63, 3.8) is 0 Å². The van der Waals surface area contributed by atoms with Gasteiger partial charge in [0.05, 0.1) is 16.3 Å². The molecule has 0 aliphatic carbocycles. The Bertz CT molecular complexity index is 698. The summed E-state index contributed by atoms with van der Waals surface area (Å²) >= 11 is 1.50. The van der Waals surface area contributed by atoms with Gasteiger partial charge >= 0.3 is 0 Å². The van der Waals surface area contributed by atoms with Gasteiger partial charge in [0.15, 0.2) is 5.01 Å². The summed E-state index contributed by atoms with van der Waals surface area (Å²) in [4.78, 5) is 21.9. The minimum Gasteiger partial charge on any atom is -0.381 e. The summed E-state index contributed by atoms with van der Waals surface area (Å²) in [6, 6.07) is 8.57. The lowest BCUT2D eigenvalue weighted by Gasteiger charge is -2.41. The maximum absolute atomic E-state index is 12.8. The molecule has 1 amide bonds. The van der Waals surface area contributed by atoms with Crippen LogP contribution in [0.15, 0.2) is 24.3 Å². The molecule has 0 unspecified atom stereocenters. The monoisotopic (exact) mass is 359 g/mol. The zero-order valence-electron chi connectivity index (χ0n) is 14.7. The number of thiazole rings is 1. The molecule has 134 valence electrons. The third kappa shape index (κ3) is 3.57. The molecule has 1 aromatic heterocycles. The second kappa shape index (κ2) is 7.40. The highest BCUT2D eigenvalue weighted by atomic mass is 32.1. The van der Waals surface area contributed by atoms with Gasteiger partial charge < -0.3 is 14.5 Å². The number of rotatable bonds is 3. The quantitative estimate of drug-likeness (QED) is 0.845. The van der Waals surface area contributed by atoms with Crippen LogP contribution in [0.3, 0.4) is 0 Å². The van der Waals surface area contributed by atoms with Crippen molar-refractivity contribution in [2.45, 2.75) is 37.8 Å². The number of nitrogens with zero attached hydrogens (tertiary/aromatic N) is 3. The summed E-state index contributed by atoms with van der Waals surface area (Å²) in [5, 5.41) is 0.626. The summed E-state index contributed by atoms with van der Waals surface area (Å²) in [5.74, 6) is 0.0951. The lowest BCUT2D eigenvalue weighted by molar-refractivity contribution is 0.0145. The predicted octanol–water partition coefficient (Wildman–Crippen LogP) is 3.01. The van der Waals surface area contributed by atoms with Crippen LogP contribution in [-0.4, -0.2) is 66.1 Å². The standard InChI is InChI=1S/C19H25N3O2S/c1-24-15-8-12-21(13-9-15)14-6-10-22(11-7-14)19(23)18-20-16-4-2-3-5-17(16)25-18/h2-5,14-15H,6-13H2,1H3. The predicted molar refractivity (Wildman–Crippen MR) is 100 cm³/mol. The van der Waals surface area contributed by atoms with Crippen molar-refractivity contribution in [3.8, 4) is 0 Å². The van der Waals surface area contributed by atoms with E-state index in [2.05, 4.69) is 9.88 Å². The first-order valence-electron chi connectivity index (χ1n) is 9.16. The van der Waals surface area contributed by atoms with E-state index in [-0.39, 0.29) is 5.91 Å². The molecule has 0 atom stereocenters. The van der Waals surface area contributed by atoms with Crippen LogP contribution in [0.4, 0.5) is 0 Å². The lowest BCUT2D eigenvalue weighted by atomic mass is 9.99. The van der Waals surface area contributed by atoms with Crippen LogP contribution < -0.4 is 0 Å². The normalized spacial score (nSPS) is 21.1. The molecule has 0 spiro atoms. The van der Waals surface area contributed by atoms with E-state index in [9.17, 15) is 4.79 Å². The molecule has 2 fully saturated rings. The Morgan fingerprint density at radius 1 is 1.12 bits per heavy atom. The van der Waals surface area contributed by atoms with E-state index in [1.54, 1.807) is 0 Å². The molecule has 0 bridgehead atoms. The molecule has 1 aromatic carbocycles. The highest BCUT2D eigenvalue weighted by molar-refractivity contribution is 7.20. The van der Waals surface area contributed by atoms with Crippen LogP contribution >= 0.6 is 11.3 Å². The zero-order chi connectivity index (χ0) is 17.2. The van der Waals surface area contributed by atoms with Gasteiger partial charge in [-0.15, -0.1) is 11.3 Å². The summed E-state index contributed by atoms with van der Waals surface area (Å²) in [6.45, 7) is 3.91. The molecule has 6 heteroatoms. The molecule has 25 heavy (non-hydrogen) atoms. The number of benzene rings is 1. The van der Waals surface area contributed by atoms with Crippen molar-refractivity contribution in [1.82, 2.24) is 14.8 Å². The minimum atomic E-state index is 0.0951. The number of ether oxygens (including phenoxy) is 1. The van der Waals surface area contributed by atoms with Crippen molar-refractivity contribution >= 4 is 27.5 Å². The first-order chi connectivity index (χ1) is 12.2. The second-order valence-corrected chi connectivity index (χ2v) is 8.01. The van der Waals surface area contributed by atoms with Gasteiger partial charge in [-0.25, -0.2) is 4.98 Å². The molecule has 2 aliphatic heterocycles. The summed E-state index contributed by atoms with van der Waals surface area (Å²) in [7, 11) is 1.81. The van der Waals surface area contributed by atoms with Gasteiger partial charge in [-0.1, -0.05) is 12.1 Å². The van der Waals surface area contributed by atoms with Crippen molar-refractivity contribution in [2.24, 2.45) is 0 Å². The number of methoxy groups -OCH3 is 1. The molecule has 5 nitrogen and oxygen atoms in total. The highest BCUT2D eigenvalue weighted by Gasteiger charge is 2.30. The fraction of sp³-hybridized carbons (Fsp3) is 0.579. The average Bonchev–Trinajstić information content (AvgIpc) is 3.12. The Labute approximate surface area is 152 Å². The number of likely N-dealkylation sites (tertiary alicyclic amines) is 2. The molecule has 3 heterocycles. The SMILES string of the molecule is COC1CCN(C2CCN(C(=O)c3nc4ccccc4s3)CC2)CC1. The van der Waals surface area contributed by atoms with E-state index in [1.807, 2.05) is 36.3 Å². The molecule has 4 rings (SSSR count). The van der Waals surface area contributed by atoms with Crippen LogP contribution in [-0.2, 0) is 4.74 Å². The Balaban J connectivity index is 1.34. The zero-order valence-corrected chi connectivity index (χ0v) is 15.5. The second-order valence-electron chi connectivity index (χ2n) is 6.98. The van der Waals surface area contributed by atoms with Crippen molar-refractivity contribution in [3.05, 3.63) is 29.3 Å². The van der Waals surface area contributed by atoms with E-state index in [1.165, 1.54) is 11.3 Å². The number of aromatic nitrogens is 1. The molecule has 2 aromatic rings. The molecular formula is C19H25N3O2S. The minimum absolute atomic E-state index is 0.0951. The van der Waals surface area contributed by atoms with E-state index in [0.717, 1.165) is 62.1 Å². The Hall–Kier alpha value is -1.50. The van der Waals surface area contributed by atoms with Crippen molar-refractivity contribution in [2.75, 3.05) is 33.3 Å². The van der Waals surface area contributed by atoms with Gasteiger partial charge in [0.2, 0.25) is 0 Å². The number of carbonyl (C=O) groups is 1.